The predicted octanol–water partition coefficient (Wildman–Crippen LogP) is -0.719. The van der Waals surface area contributed by atoms with Gasteiger partial charge in [0.25, 0.3) is 0 Å². The van der Waals surface area contributed by atoms with Gasteiger partial charge in [0.2, 0.25) is 5.91 Å². The van der Waals surface area contributed by atoms with Crippen LogP contribution in [0.3, 0.4) is 0 Å². The molecule has 0 aromatic rings. The molecule has 0 saturated carbocycles. The van der Waals surface area contributed by atoms with Crippen LogP contribution in [0.4, 0.5) is 0 Å². The number of nitrogens with zero attached hydrogens (tertiary/aromatic N) is 1. The molecule has 0 atom stereocenters. The molecule has 0 spiro atoms. The number of quaternary nitrogens is 1. The maximum Gasteiger partial charge on any atom is 0.220 e. The highest BCUT2D eigenvalue weighted by atomic mass is 16.6. The lowest BCUT2D eigenvalue weighted by Gasteiger charge is -2.45. The van der Waals surface area contributed by atoms with Crippen molar-refractivity contribution in [1.82, 2.24) is 5.32 Å². The molecule has 0 aliphatic carbocycles. The molecule has 0 aromatic carbocycles. The topological polar surface area (TPSA) is 61.4 Å². The summed E-state index contributed by atoms with van der Waals surface area (Å²) in [6.45, 7) is 5.95. The Morgan fingerprint density at radius 1 is 1.54 bits per heavy atom. The molecular formula is C8H15N2O3. The molecular weight excluding hydrogens is 172 g/mol. The molecule has 13 heavy (non-hydrogen) atoms. The highest BCUT2D eigenvalue weighted by Gasteiger charge is 2.20. The second kappa shape index (κ2) is 4.55. The van der Waals surface area contributed by atoms with Crippen LogP contribution in [0, 0.1) is 12.1 Å². The molecule has 0 bridgehead atoms. The molecule has 1 aliphatic rings. The number of amides is 1. The van der Waals surface area contributed by atoms with Crippen LogP contribution < -0.4 is 5.32 Å². The van der Waals surface area contributed by atoms with Gasteiger partial charge in [-0.3, -0.25) is 4.79 Å². The average molecular weight is 187 g/mol. The maximum atomic E-state index is 11.8. The first-order valence-corrected chi connectivity index (χ1v) is 4.37. The molecule has 75 valence electrons. The fraction of sp³-hybridized carbons (Fsp3) is 0.750. The number of carbonyl (C=O) groups is 1. The van der Waals surface area contributed by atoms with Gasteiger partial charge in [-0.05, 0) is 0 Å². The lowest BCUT2D eigenvalue weighted by molar-refractivity contribution is -0.887. The Morgan fingerprint density at radius 3 is 2.69 bits per heavy atom. The molecule has 0 aromatic heterocycles. The molecule has 1 aliphatic heterocycles. The third-order valence-corrected chi connectivity index (χ3v) is 2.13. The van der Waals surface area contributed by atoms with Crippen molar-refractivity contribution < 1.29 is 14.2 Å². The zero-order chi connectivity index (χ0) is 9.73. The van der Waals surface area contributed by atoms with Crippen molar-refractivity contribution in [1.29, 1.82) is 0 Å². The summed E-state index contributed by atoms with van der Waals surface area (Å²) in [6.07, 6.45) is 0. The Balaban J connectivity index is 2.21. The number of morpholine rings is 1. The van der Waals surface area contributed by atoms with E-state index >= 15 is 0 Å². The number of ether oxygens (including phenoxy) is 1. The van der Waals surface area contributed by atoms with Crippen LogP contribution in [0.1, 0.15) is 0 Å². The number of hydrogen-bond acceptors (Lipinski definition) is 3. The van der Waals surface area contributed by atoms with Crippen LogP contribution >= 0.6 is 0 Å². The summed E-state index contributed by atoms with van der Waals surface area (Å²) < 4.78 is 4.81. The normalized spacial score (nSPS) is 21.1. The maximum absolute atomic E-state index is 11.8. The molecule has 1 saturated heterocycles. The summed E-state index contributed by atoms with van der Waals surface area (Å²) in [5.74, 6) is -0.333. The van der Waals surface area contributed by atoms with E-state index in [2.05, 4.69) is 12.2 Å². The van der Waals surface area contributed by atoms with Gasteiger partial charge in [0.05, 0.1) is 26.3 Å². The molecule has 5 heteroatoms. The fourth-order valence-corrected chi connectivity index (χ4v) is 1.30. The number of carbonyl (C=O) groups excluding carboxylic acids is 1. The van der Waals surface area contributed by atoms with Crippen molar-refractivity contribution in [3.63, 3.8) is 0 Å². The van der Waals surface area contributed by atoms with E-state index in [1.54, 1.807) is 0 Å². The molecule has 1 amide bonds. The Labute approximate surface area is 77.8 Å². The molecule has 1 N–H and O–H groups in total. The standard InChI is InChI=1S/C8H15N2O3/c1-8(11)9-2-3-10(12)4-6-13-7-5-10/h1-7H2,(H,9,11). The van der Waals surface area contributed by atoms with Crippen LogP contribution in [-0.2, 0) is 9.53 Å². The van der Waals surface area contributed by atoms with Gasteiger partial charge >= 0.3 is 0 Å². The third-order valence-electron chi connectivity index (χ3n) is 2.13. The van der Waals surface area contributed by atoms with Crippen molar-refractivity contribution in [2.75, 3.05) is 39.4 Å². The quantitative estimate of drug-likeness (QED) is 0.468. The number of rotatable bonds is 3. The summed E-state index contributed by atoms with van der Waals surface area (Å²) in [6, 6.07) is 0. The van der Waals surface area contributed by atoms with Gasteiger partial charge < -0.3 is 19.9 Å². The van der Waals surface area contributed by atoms with Crippen molar-refractivity contribution in [2.24, 2.45) is 0 Å². The third kappa shape index (κ3) is 3.71. The van der Waals surface area contributed by atoms with E-state index in [1.807, 2.05) is 0 Å². The number of nitrogens with one attached hydrogen (secondary N) is 1. The highest BCUT2D eigenvalue weighted by Crippen LogP contribution is 2.07. The van der Waals surface area contributed by atoms with Gasteiger partial charge in [0.15, 0.2) is 0 Å². The summed E-state index contributed by atoms with van der Waals surface area (Å²) >= 11 is 0. The first-order valence-electron chi connectivity index (χ1n) is 4.37. The SMILES string of the molecule is [CH2]C(=O)NCC[N+]1([O-])CCOCC1. The first-order chi connectivity index (χ1) is 6.12. The first kappa shape index (κ1) is 10.4. The molecule has 1 heterocycles. The molecule has 0 unspecified atom stereocenters. The van der Waals surface area contributed by atoms with E-state index < -0.39 is 0 Å². The number of hydrogen-bond donors (Lipinski definition) is 1. The zero-order valence-corrected chi connectivity index (χ0v) is 7.62. The van der Waals surface area contributed by atoms with E-state index in [0.717, 1.165) is 0 Å². The van der Waals surface area contributed by atoms with E-state index in [-0.39, 0.29) is 10.6 Å². The lowest BCUT2D eigenvalue weighted by atomic mass is 10.4. The van der Waals surface area contributed by atoms with Crippen molar-refractivity contribution >= 4 is 5.91 Å². The summed E-state index contributed by atoms with van der Waals surface area (Å²) in [5, 5.41) is 14.3. The van der Waals surface area contributed by atoms with Crippen LogP contribution in [-0.4, -0.2) is 49.9 Å². The Hall–Kier alpha value is -0.650. The fourth-order valence-electron chi connectivity index (χ4n) is 1.30. The second-order valence-electron chi connectivity index (χ2n) is 3.19. The van der Waals surface area contributed by atoms with Gasteiger partial charge in [-0.2, -0.15) is 0 Å². The minimum atomic E-state index is -0.333. The van der Waals surface area contributed by atoms with Crippen LogP contribution in [0.15, 0.2) is 0 Å². The van der Waals surface area contributed by atoms with E-state index in [9.17, 15) is 10.0 Å². The molecule has 5 nitrogen and oxygen atoms in total. The highest BCUT2D eigenvalue weighted by molar-refractivity contribution is 5.79. The number of hydroxylamine groups is 3. The lowest BCUT2D eigenvalue weighted by Crippen LogP contribution is -2.53. The van der Waals surface area contributed by atoms with Crippen molar-refractivity contribution in [2.45, 2.75) is 0 Å². The Morgan fingerprint density at radius 2 is 2.15 bits per heavy atom. The zero-order valence-electron chi connectivity index (χ0n) is 7.62. The predicted molar refractivity (Wildman–Crippen MR) is 47.4 cm³/mol. The van der Waals surface area contributed by atoms with Crippen molar-refractivity contribution in [3.05, 3.63) is 12.1 Å². The van der Waals surface area contributed by atoms with Gasteiger partial charge in [-0.15, -0.1) is 0 Å². The van der Waals surface area contributed by atoms with E-state index in [4.69, 9.17) is 4.74 Å². The van der Waals surface area contributed by atoms with E-state index in [0.29, 0.717) is 39.4 Å². The van der Waals surface area contributed by atoms with Crippen LogP contribution in [0.5, 0.6) is 0 Å². The monoisotopic (exact) mass is 187 g/mol. The minimum absolute atomic E-state index is 0.264. The second-order valence-corrected chi connectivity index (χ2v) is 3.19. The van der Waals surface area contributed by atoms with Gasteiger partial charge in [0, 0.05) is 6.92 Å². The summed E-state index contributed by atoms with van der Waals surface area (Å²) in [4.78, 5) is 10.4. The van der Waals surface area contributed by atoms with Crippen LogP contribution in [0.2, 0.25) is 0 Å². The summed E-state index contributed by atoms with van der Waals surface area (Å²) in [7, 11) is 0. The van der Waals surface area contributed by atoms with E-state index in [1.165, 1.54) is 0 Å². The minimum Gasteiger partial charge on any atom is -0.633 e. The Kier molecular flexibility index (Phi) is 3.65. The van der Waals surface area contributed by atoms with Crippen LogP contribution in [0.25, 0.3) is 0 Å². The molecule has 1 rings (SSSR count). The largest absolute Gasteiger partial charge is 0.633 e. The average Bonchev–Trinajstić information content (AvgIpc) is 2.04. The Bertz CT molecular complexity index is 178. The summed E-state index contributed by atoms with van der Waals surface area (Å²) in [5.41, 5.74) is 0. The molecule has 1 fully saturated rings. The smallest absolute Gasteiger partial charge is 0.220 e. The van der Waals surface area contributed by atoms with Crippen molar-refractivity contribution in [3.8, 4) is 0 Å². The van der Waals surface area contributed by atoms with Gasteiger partial charge in [0.1, 0.15) is 13.1 Å². The molecule has 1 radical (unpaired) electrons. The van der Waals surface area contributed by atoms with Gasteiger partial charge in [-0.25, -0.2) is 0 Å². The van der Waals surface area contributed by atoms with Gasteiger partial charge in [-0.1, -0.05) is 0 Å².